The van der Waals surface area contributed by atoms with E-state index in [1.165, 1.54) is 6.07 Å². The lowest BCUT2D eigenvalue weighted by molar-refractivity contribution is 0.536. The number of nitriles is 1. The minimum atomic E-state index is -3.58. The van der Waals surface area contributed by atoms with Crippen LogP contribution in [0.5, 0.6) is 0 Å². The highest BCUT2D eigenvalue weighted by molar-refractivity contribution is 7.89. The zero-order chi connectivity index (χ0) is 14.5. The molecule has 0 amide bonds. The van der Waals surface area contributed by atoms with Crippen molar-refractivity contribution in [1.29, 1.82) is 5.26 Å². The zero-order valence-corrected chi connectivity index (χ0v) is 12.2. The first kappa shape index (κ1) is 15.6. The van der Waals surface area contributed by atoms with Crippen LogP contribution in [0.15, 0.2) is 23.1 Å². The molecule has 0 saturated carbocycles. The standard InChI is InChI=1S/C13H19N3O2S/c1-4-15-11(3)9-16-19(17,18)13-7-12(8-14)6-5-10(13)2/h5-7,11,15-16H,4,9H2,1-3H3/t11-/m1/s1. The van der Waals surface area contributed by atoms with Crippen LogP contribution in [0.4, 0.5) is 0 Å². The number of hydrogen-bond acceptors (Lipinski definition) is 4. The Morgan fingerprint density at radius 1 is 1.42 bits per heavy atom. The number of sulfonamides is 1. The number of rotatable bonds is 6. The average molecular weight is 281 g/mol. The third-order valence-corrected chi connectivity index (χ3v) is 4.30. The van der Waals surface area contributed by atoms with Gasteiger partial charge in [-0.2, -0.15) is 5.26 Å². The van der Waals surface area contributed by atoms with E-state index in [0.717, 1.165) is 6.54 Å². The molecule has 1 aromatic carbocycles. The Labute approximate surface area is 114 Å². The van der Waals surface area contributed by atoms with Crippen LogP contribution in [-0.2, 0) is 10.0 Å². The van der Waals surface area contributed by atoms with E-state index in [0.29, 0.717) is 17.7 Å². The van der Waals surface area contributed by atoms with E-state index >= 15 is 0 Å². The first-order valence-corrected chi connectivity index (χ1v) is 7.62. The molecular formula is C13H19N3O2S. The Morgan fingerprint density at radius 2 is 2.11 bits per heavy atom. The van der Waals surface area contributed by atoms with Crippen molar-refractivity contribution in [3.8, 4) is 6.07 Å². The van der Waals surface area contributed by atoms with Gasteiger partial charge in [0.25, 0.3) is 0 Å². The van der Waals surface area contributed by atoms with Crippen LogP contribution >= 0.6 is 0 Å². The van der Waals surface area contributed by atoms with Gasteiger partial charge in [-0.05, 0) is 38.1 Å². The summed E-state index contributed by atoms with van der Waals surface area (Å²) in [6, 6.07) is 6.65. The van der Waals surface area contributed by atoms with Crippen molar-refractivity contribution in [1.82, 2.24) is 10.0 Å². The quantitative estimate of drug-likeness (QED) is 0.819. The van der Waals surface area contributed by atoms with Crippen LogP contribution in [0, 0.1) is 18.3 Å². The van der Waals surface area contributed by atoms with Crippen LogP contribution in [0.3, 0.4) is 0 Å². The van der Waals surface area contributed by atoms with Gasteiger partial charge >= 0.3 is 0 Å². The molecule has 19 heavy (non-hydrogen) atoms. The van der Waals surface area contributed by atoms with E-state index in [-0.39, 0.29) is 10.9 Å². The highest BCUT2D eigenvalue weighted by Gasteiger charge is 2.17. The lowest BCUT2D eigenvalue weighted by atomic mass is 10.2. The molecule has 2 N–H and O–H groups in total. The number of benzene rings is 1. The van der Waals surface area contributed by atoms with E-state index in [1.54, 1.807) is 19.1 Å². The Bertz CT molecular complexity index is 576. The smallest absolute Gasteiger partial charge is 0.240 e. The number of aryl methyl sites for hydroxylation is 1. The second-order valence-electron chi connectivity index (χ2n) is 4.40. The summed E-state index contributed by atoms with van der Waals surface area (Å²) in [5, 5.41) is 12.0. The summed E-state index contributed by atoms with van der Waals surface area (Å²) in [6.45, 7) is 6.68. The van der Waals surface area contributed by atoms with E-state index in [1.807, 2.05) is 19.9 Å². The molecule has 0 radical (unpaired) electrons. The predicted octanol–water partition coefficient (Wildman–Crippen LogP) is 1.14. The molecule has 1 atom stereocenters. The van der Waals surface area contributed by atoms with Gasteiger partial charge in [0.2, 0.25) is 10.0 Å². The van der Waals surface area contributed by atoms with Crippen molar-refractivity contribution in [2.75, 3.05) is 13.1 Å². The number of nitrogens with one attached hydrogen (secondary N) is 2. The first-order chi connectivity index (χ1) is 8.90. The maximum absolute atomic E-state index is 12.2. The molecule has 0 aliphatic carbocycles. The van der Waals surface area contributed by atoms with Crippen molar-refractivity contribution < 1.29 is 8.42 Å². The van der Waals surface area contributed by atoms with Gasteiger partial charge in [-0.3, -0.25) is 0 Å². The van der Waals surface area contributed by atoms with Gasteiger partial charge in [-0.1, -0.05) is 13.0 Å². The maximum Gasteiger partial charge on any atom is 0.240 e. The molecule has 1 rings (SSSR count). The summed E-state index contributed by atoms with van der Waals surface area (Å²) in [5.41, 5.74) is 0.966. The number of likely N-dealkylation sites (N-methyl/N-ethyl adjacent to an activating group) is 1. The van der Waals surface area contributed by atoms with Gasteiger partial charge in [0.05, 0.1) is 16.5 Å². The fraction of sp³-hybridized carbons (Fsp3) is 0.462. The molecule has 5 nitrogen and oxygen atoms in total. The molecule has 0 spiro atoms. The molecule has 0 bridgehead atoms. The molecule has 0 fully saturated rings. The molecule has 0 unspecified atom stereocenters. The molecule has 0 aromatic heterocycles. The number of nitrogens with zero attached hydrogens (tertiary/aromatic N) is 1. The monoisotopic (exact) mass is 281 g/mol. The molecule has 0 aliphatic rings. The van der Waals surface area contributed by atoms with Gasteiger partial charge in [-0.25, -0.2) is 13.1 Å². The number of hydrogen-bond donors (Lipinski definition) is 2. The third kappa shape index (κ3) is 4.31. The summed E-state index contributed by atoms with van der Waals surface area (Å²) >= 11 is 0. The van der Waals surface area contributed by atoms with E-state index in [4.69, 9.17) is 5.26 Å². The SMILES string of the molecule is CCN[C@H](C)CNS(=O)(=O)c1cc(C#N)ccc1C. The largest absolute Gasteiger partial charge is 0.313 e. The zero-order valence-electron chi connectivity index (χ0n) is 11.4. The normalized spacial score (nSPS) is 12.9. The lowest BCUT2D eigenvalue weighted by Crippen LogP contribution is -2.38. The summed E-state index contributed by atoms with van der Waals surface area (Å²) < 4.78 is 26.9. The Morgan fingerprint density at radius 3 is 2.68 bits per heavy atom. The second-order valence-corrected chi connectivity index (χ2v) is 6.14. The first-order valence-electron chi connectivity index (χ1n) is 6.14. The molecule has 0 aliphatic heterocycles. The molecule has 6 heteroatoms. The van der Waals surface area contributed by atoms with Crippen molar-refractivity contribution in [2.24, 2.45) is 0 Å². The fourth-order valence-electron chi connectivity index (χ4n) is 1.69. The molecular weight excluding hydrogens is 262 g/mol. The predicted molar refractivity (Wildman–Crippen MR) is 74.2 cm³/mol. The Hall–Kier alpha value is -1.42. The molecule has 0 saturated heterocycles. The van der Waals surface area contributed by atoms with Gasteiger partial charge < -0.3 is 5.32 Å². The minimum absolute atomic E-state index is 0.0548. The van der Waals surface area contributed by atoms with E-state index in [2.05, 4.69) is 10.0 Å². The maximum atomic E-state index is 12.2. The fourth-order valence-corrected chi connectivity index (χ4v) is 3.09. The average Bonchev–Trinajstić information content (AvgIpc) is 2.37. The van der Waals surface area contributed by atoms with Crippen LogP contribution < -0.4 is 10.0 Å². The van der Waals surface area contributed by atoms with Crippen LogP contribution in [0.25, 0.3) is 0 Å². The highest BCUT2D eigenvalue weighted by atomic mass is 32.2. The minimum Gasteiger partial charge on any atom is -0.313 e. The van der Waals surface area contributed by atoms with E-state index in [9.17, 15) is 8.42 Å². The summed E-state index contributed by atoms with van der Waals surface area (Å²) in [7, 11) is -3.58. The summed E-state index contributed by atoms with van der Waals surface area (Å²) in [5.74, 6) is 0. The third-order valence-electron chi connectivity index (χ3n) is 2.74. The second kappa shape index (κ2) is 6.66. The van der Waals surface area contributed by atoms with Crippen molar-refractivity contribution in [2.45, 2.75) is 31.7 Å². The summed E-state index contributed by atoms with van der Waals surface area (Å²) in [6.07, 6.45) is 0. The molecule has 1 aromatic rings. The Balaban J connectivity index is 2.92. The van der Waals surface area contributed by atoms with Crippen LogP contribution in [0.1, 0.15) is 25.0 Å². The Kier molecular flexibility index (Phi) is 5.48. The molecule has 0 heterocycles. The van der Waals surface area contributed by atoms with Crippen molar-refractivity contribution in [3.63, 3.8) is 0 Å². The van der Waals surface area contributed by atoms with Crippen LogP contribution in [0.2, 0.25) is 0 Å². The van der Waals surface area contributed by atoms with Crippen molar-refractivity contribution >= 4 is 10.0 Å². The molecule has 104 valence electrons. The van der Waals surface area contributed by atoms with Gasteiger partial charge in [0.15, 0.2) is 0 Å². The van der Waals surface area contributed by atoms with Gasteiger partial charge in [0, 0.05) is 12.6 Å². The summed E-state index contributed by atoms with van der Waals surface area (Å²) in [4.78, 5) is 0.162. The highest BCUT2D eigenvalue weighted by Crippen LogP contribution is 2.16. The topological polar surface area (TPSA) is 82.0 Å². The van der Waals surface area contributed by atoms with Crippen LogP contribution in [-0.4, -0.2) is 27.5 Å². The van der Waals surface area contributed by atoms with Gasteiger partial charge in [0.1, 0.15) is 0 Å². The lowest BCUT2D eigenvalue weighted by Gasteiger charge is -2.14. The van der Waals surface area contributed by atoms with Gasteiger partial charge in [-0.15, -0.1) is 0 Å². The van der Waals surface area contributed by atoms with Crippen molar-refractivity contribution in [3.05, 3.63) is 29.3 Å². The van der Waals surface area contributed by atoms with E-state index < -0.39 is 10.0 Å².